The highest BCUT2D eigenvalue weighted by Gasteiger charge is 2.33. The summed E-state index contributed by atoms with van der Waals surface area (Å²) in [6.45, 7) is 0.819. The maximum atomic E-state index is 12.5. The molecule has 1 aromatic heterocycles. The van der Waals surface area contributed by atoms with Gasteiger partial charge in [-0.15, -0.1) is 0 Å². The van der Waals surface area contributed by atoms with Crippen LogP contribution in [0.5, 0.6) is 5.75 Å². The first-order valence-electron chi connectivity index (χ1n) is 8.59. The van der Waals surface area contributed by atoms with Crippen molar-refractivity contribution in [3.05, 3.63) is 35.9 Å². The van der Waals surface area contributed by atoms with Gasteiger partial charge in [0.25, 0.3) is 5.89 Å². The van der Waals surface area contributed by atoms with Crippen molar-refractivity contribution in [2.24, 2.45) is 0 Å². The van der Waals surface area contributed by atoms with Crippen molar-refractivity contribution in [3.63, 3.8) is 0 Å². The van der Waals surface area contributed by atoms with Crippen LogP contribution in [-0.2, 0) is 4.74 Å². The molecule has 0 aliphatic carbocycles. The van der Waals surface area contributed by atoms with Gasteiger partial charge >= 0.3 is 5.91 Å². The van der Waals surface area contributed by atoms with E-state index in [9.17, 15) is 10.1 Å². The Morgan fingerprint density at radius 1 is 1.43 bits per heavy atom. The third-order valence-electron chi connectivity index (χ3n) is 4.54. The molecule has 1 amide bonds. The molecule has 1 aromatic carbocycles. The largest absolute Gasteiger partial charge is 0.496 e. The molecule has 9 heteroatoms. The van der Waals surface area contributed by atoms with E-state index in [1.165, 1.54) is 13.4 Å². The Hall–Kier alpha value is -3.56. The standard InChI is InChI=1S/C19H19N5O4/c1-26-9-14-6-13(8-24(14)11-21)22-18(25)19-23-16(10-28-19)15-5-12(7-20)3-4-17(15)27-2/h3-5,10,13-14H,6,8-9H2,1-2H3,(H,22,25)/t13-,14-/m1/s1. The van der Waals surface area contributed by atoms with Crippen LogP contribution in [0.1, 0.15) is 22.7 Å². The van der Waals surface area contributed by atoms with Crippen molar-refractivity contribution in [3.8, 4) is 29.3 Å². The van der Waals surface area contributed by atoms with Crippen molar-refractivity contribution in [2.75, 3.05) is 27.4 Å². The average molecular weight is 381 g/mol. The van der Waals surface area contributed by atoms with Crippen molar-refractivity contribution >= 4 is 5.91 Å². The minimum atomic E-state index is -0.470. The van der Waals surface area contributed by atoms with Gasteiger partial charge in [-0.05, 0) is 24.6 Å². The molecule has 144 valence electrons. The third kappa shape index (κ3) is 3.90. The van der Waals surface area contributed by atoms with E-state index in [2.05, 4.69) is 22.6 Å². The number of nitrogens with one attached hydrogen (secondary N) is 1. The zero-order valence-electron chi connectivity index (χ0n) is 15.5. The fraction of sp³-hybridized carbons (Fsp3) is 0.368. The molecule has 1 N–H and O–H groups in total. The Balaban J connectivity index is 1.74. The SMILES string of the molecule is COC[C@H]1C[C@@H](NC(=O)c2nc(-c3cc(C#N)ccc3OC)co2)CN1C#N. The summed E-state index contributed by atoms with van der Waals surface area (Å²) < 4.78 is 15.7. The van der Waals surface area contributed by atoms with Gasteiger partial charge in [-0.1, -0.05) is 0 Å². The summed E-state index contributed by atoms with van der Waals surface area (Å²) in [5, 5.41) is 21.1. The van der Waals surface area contributed by atoms with Gasteiger partial charge in [0.1, 0.15) is 17.7 Å². The van der Waals surface area contributed by atoms with Crippen LogP contribution in [0.25, 0.3) is 11.3 Å². The van der Waals surface area contributed by atoms with Gasteiger partial charge in [0, 0.05) is 25.3 Å². The Labute approximate surface area is 162 Å². The quantitative estimate of drug-likeness (QED) is 0.747. The number of hydrogen-bond acceptors (Lipinski definition) is 8. The number of nitriles is 2. The number of oxazole rings is 1. The summed E-state index contributed by atoms with van der Waals surface area (Å²) in [4.78, 5) is 18.3. The third-order valence-corrected chi connectivity index (χ3v) is 4.54. The number of likely N-dealkylation sites (tertiary alicyclic amines) is 1. The second kappa shape index (κ2) is 8.42. The first-order valence-corrected chi connectivity index (χ1v) is 8.59. The Bertz CT molecular complexity index is 943. The van der Waals surface area contributed by atoms with Crippen molar-refractivity contribution in [2.45, 2.75) is 18.5 Å². The molecule has 0 spiro atoms. The van der Waals surface area contributed by atoms with Crippen LogP contribution in [0.15, 0.2) is 28.9 Å². The zero-order valence-corrected chi connectivity index (χ0v) is 15.5. The summed E-state index contributed by atoms with van der Waals surface area (Å²) in [5.41, 5.74) is 1.39. The molecule has 2 aromatic rings. The molecule has 0 radical (unpaired) electrons. The average Bonchev–Trinajstić information content (AvgIpc) is 3.35. The predicted octanol–water partition coefficient (Wildman–Crippen LogP) is 1.52. The lowest BCUT2D eigenvalue weighted by molar-refractivity contribution is 0.0903. The molecular formula is C19H19N5O4. The molecule has 3 rings (SSSR count). The molecule has 1 aliphatic heterocycles. The first kappa shape index (κ1) is 19.2. The number of amides is 1. The van der Waals surface area contributed by atoms with Crippen molar-refractivity contribution < 1.29 is 18.7 Å². The highest BCUT2D eigenvalue weighted by atomic mass is 16.5. The maximum Gasteiger partial charge on any atom is 0.307 e. The number of carbonyl (C=O) groups excluding carboxylic acids is 1. The maximum absolute atomic E-state index is 12.5. The summed E-state index contributed by atoms with van der Waals surface area (Å²) in [7, 11) is 3.08. The lowest BCUT2D eigenvalue weighted by Gasteiger charge is -2.15. The van der Waals surface area contributed by atoms with Crippen molar-refractivity contribution in [1.29, 1.82) is 10.5 Å². The molecule has 9 nitrogen and oxygen atoms in total. The number of benzene rings is 1. The van der Waals surface area contributed by atoms with Crippen LogP contribution in [0, 0.1) is 22.8 Å². The highest BCUT2D eigenvalue weighted by Crippen LogP contribution is 2.30. The minimum Gasteiger partial charge on any atom is -0.496 e. The van der Waals surface area contributed by atoms with E-state index in [4.69, 9.17) is 19.2 Å². The monoisotopic (exact) mass is 381 g/mol. The van der Waals surface area contributed by atoms with Gasteiger partial charge in [0.15, 0.2) is 6.19 Å². The van der Waals surface area contributed by atoms with Gasteiger partial charge in [-0.2, -0.15) is 10.5 Å². The van der Waals surface area contributed by atoms with E-state index in [0.717, 1.165) is 0 Å². The molecule has 0 saturated carbocycles. The Kier molecular flexibility index (Phi) is 5.78. The van der Waals surface area contributed by atoms with Crippen LogP contribution < -0.4 is 10.1 Å². The van der Waals surface area contributed by atoms with Crippen LogP contribution in [-0.4, -0.2) is 55.2 Å². The number of rotatable bonds is 6. The highest BCUT2D eigenvalue weighted by molar-refractivity contribution is 5.90. The number of methoxy groups -OCH3 is 2. The smallest absolute Gasteiger partial charge is 0.307 e. The van der Waals surface area contributed by atoms with E-state index in [1.807, 2.05) is 0 Å². The summed E-state index contributed by atoms with van der Waals surface area (Å²) in [6.07, 6.45) is 4.05. The molecule has 2 atom stereocenters. The zero-order chi connectivity index (χ0) is 20.1. The first-order chi connectivity index (χ1) is 13.6. The van der Waals surface area contributed by atoms with Gasteiger partial charge in [-0.25, -0.2) is 4.98 Å². The number of carbonyl (C=O) groups is 1. The van der Waals surface area contributed by atoms with E-state index in [-0.39, 0.29) is 18.0 Å². The van der Waals surface area contributed by atoms with Gasteiger partial charge < -0.3 is 24.1 Å². The van der Waals surface area contributed by atoms with Gasteiger partial charge in [0.2, 0.25) is 0 Å². The fourth-order valence-electron chi connectivity index (χ4n) is 3.22. The molecule has 28 heavy (non-hydrogen) atoms. The van der Waals surface area contributed by atoms with Crippen LogP contribution in [0.3, 0.4) is 0 Å². The number of nitrogens with zero attached hydrogens (tertiary/aromatic N) is 4. The second-order valence-corrected chi connectivity index (χ2v) is 6.33. The van der Waals surface area contributed by atoms with E-state index in [1.54, 1.807) is 30.2 Å². The molecular weight excluding hydrogens is 362 g/mol. The van der Waals surface area contributed by atoms with Crippen LogP contribution >= 0.6 is 0 Å². The summed E-state index contributed by atoms with van der Waals surface area (Å²) >= 11 is 0. The predicted molar refractivity (Wildman–Crippen MR) is 97.1 cm³/mol. The van der Waals surface area contributed by atoms with Gasteiger partial charge in [-0.3, -0.25) is 4.79 Å². The molecule has 1 saturated heterocycles. The normalized spacial score (nSPS) is 18.4. The Morgan fingerprint density at radius 3 is 2.93 bits per heavy atom. The molecule has 0 bridgehead atoms. The van der Waals surface area contributed by atoms with E-state index >= 15 is 0 Å². The van der Waals surface area contributed by atoms with Crippen LogP contribution in [0.4, 0.5) is 0 Å². The Morgan fingerprint density at radius 2 is 2.25 bits per heavy atom. The number of ether oxygens (including phenoxy) is 2. The fourth-order valence-corrected chi connectivity index (χ4v) is 3.22. The lowest BCUT2D eigenvalue weighted by Crippen LogP contribution is -2.36. The topological polar surface area (TPSA) is 124 Å². The number of aromatic nitrogens is 1. The molecule has 2 heterocycles. The minimum absolute atomic E-state index is 0.0709. The molecule has 0 unspecified atom stereocenters. The summed E-state index contributed by atoms with van der Waals surface area (Å²) in [6, 6.07) is 6.69. The summed E-state index contributed by atoms with van der Waals surface area (Å²) in [5.74, 6) is -0.0529. The van der Waals surface area contributed by atoms with Crippen molar-refractivity contribution in [1.82, 2.24) is 15.2 Å². The van der Waals surface area contributed by atoms with E-state index in [0.29, 0.717) is 42.1 Å². The number of hydrogen-bond donors (Lipinski definition) is 1. The van der Waals surface area contributed by atoms with E-state index < -0.39 is 5.91 Å². The van der Waals surface area contributed by atoms with Gasteiger partial charge in [0.05, 0.1) is 31.4 Å². The van der Waals surface area contributed by atoms with Crippen LogP contribution in [0.2, 0.25) is 0 Å². The second-order valence-electron chi connectivity index (χ2n) is 6.33. The lowest BCUT2D eigenvalue weighted by atomic mass is 10.1. The molecule has 1 aliphatic rings. The molecule has 1 fully saturated rings.